The van der Waals surface area contributed by atoms with Crippen LogP contribution < -0.4 is 5.32 Å². The molecule has 0 aliphatic heterocycles. The fraction of sp³-hybridized carbons (Fsp3) is 0.474. The molecular formula is C19H26N4O4S. The van der Waals surface area contributed by atoms with Gasteiger partial charge in [-0.3, -0.25) is 14.8 Å². The summed E-state index contributed by atoms with van der Waals surface area (Å²) in [6.07, 6.45) is -0.456. The number of hydrogen-bond acceptors (Lipinski definition) is 6. The van der Waals surface area contributed by atoms with Gasteiger partial charge in [-0.15, -0.1) is 0 Å². The number of nitrogens with zero attached hydrogens (tertiary/aromatic N) is 3. The highest BCUT2D eigenvalue weighted by Gasteiger charge is 2.19. The molecule has 2 aromatic rings. The Hall–Kier alpha value is -2.55. The Morgan fingerprint density at radius 3 is 2.46 bits per heavy atom. The van der Waals surface area contributed by atoms with Crippen LogP contribution >= 0.6 is 11.8 Å². The average Bonchev–Trinajstić information content (AvgIpc) is 2.80. The third-order valence-electron chi connectivity index (χ3n) is 3.79. The van der Waals surface area contributed by atoms with Gasteiger partial charge < -0.3 is 10.1 Å². The van der Waals surface area contributed by atoms with E-state index in [9.17, 15) is 14.9 Å². The summed E-state index contributed by atoms with van der Waals surface area (Å²) in [5, 5.41) is 18.2. The molecule has 1 heterocycles. The number of aryl methyl sites for hydroxylation is 1. The van der Waals surface area contributed by atoms with Gasteiger partial charge in [0.1, 0.15) is 5.60 Å². The van der Waals surface area contributed by atoms with Crippen LogP contribution in [0.1, 0.15) is 39.1 Å². The Labute approximate surface area is 168 Å². The van der Waals surface area contributed by atoms with E-state index in [1.807, 2.05) is 46.2 Å². The second kappa shape index (κ2) is 8.64. The number of benzene rings is 1. The maximum absolute atomic E-state index is 11.9. The number of carbonyl (C=O) groups excluding carboxylic acids is 1. The maximum Gasteiger partial charge on any atom is 0.407 e. The quantitative estimate of drug-likeness (QED) is 0.561. The monoisotopic (exact) mass is 406 g/mol. The van der Waals surface area contributed by atoms with Crippen LogP contribution in [0.25, 0.3) is 0 Å². The molecule has 0 spiro atoms. The smallest absolute Gasteiger partial charge is 0.407 e. The molecular weight excluding hydrogens is 380 g/mol. The fourth-order valence-corrected chi connectivity index (χ4v) is 3.52. The van der Waals surface area contributed by atoms with Crippen LogP contribution in [0.3, 0.4) is 0 Å². The van der Waals surface area contributed by atoms with Crippen molar-refractivity contribution in [3.05, 3.63) is 45.8 Å². The minimum Gasteiger partial charge on any atom is -0.444 e. The Balaban J connectivity index is 2.06. The second-order valence-corrected chi connectivity index (χ2v) is 8.67. The number of nitro groups is 1. The lowest BCUT2D eigenvalue weighted by molar-refractivity contribution is -0.384. The minimum atomic E-state index is -0.545. The number of nitrogens with one attached hydrogen (secondary N) is 1. The molecule has 2 rings (SSSR count). The van der Waals surface area contributed by atoms with Crippen molar-refractivity contribution in [1.82, 2.24) is 15.1 Å². The van der Waals surface area contributed by atoms with Crippen LogP contribution in [0.15, 0.2) is 34.1 Å². The number of carbonyl (C=O) groups is 1. The summed E-state index contributed by atoms with van der Waals surface area (Å²) >= 11 is 1.51. The van der Waals surface area contributed by atoms with E-state index in [1.165, 1.54) is 23.9 Å². The summed E-state index contributed by atoms with van der Waals surface area (Å²) in [4.78, 5) is 24.2. The summed E-state index contributed by atoms with van der Waals surface area (Å²) < 4.78 is 7.13. The zero-order chi connectivity index (χ0) is 21.1. The van der Waals surface area contributed by atoms with Gasteiger partial charge >= 0.3 is 6.09 Å². The molecule has 1 amide bonds. The van der Waals surface area contributed by atoms with E-state index in [2.05, 4.69) is 10.4 Å². The molecule has 0 aliphatic rings. The first-order valence-electron chi connectivity index (χ1n) is 8.92. The van der Waals surface area contributed by atoms with Crippen LogP contribution in [0.2, 0.25) is 0 Å². The third kappa shape index (κ3) is 5.98. The third-order valence-corrected chi connectivity index (χ3v) is 5.10. The number of aromatic nitrogens is 2. The summed E-state index contributed by atoms with van der Waals surface area (Å²) in [6.45, 7) is 11.7. The first-order chi connectivity index (χ1) is 13.0. The van der Waals surface area contributed by atoms with E-state index < -0.39 is 16.6 Å². The maximum atomic E-state index is 11.9. The molecule has 152 valence electrons. The molecule has 0 saturated carbocycles. The minimum absolute atomic E-state index is 0.0653. The SMILES string of the molecule is Cc1nn(C[C@H](C)NC(=O)OC(C)(C)C)c(C)c1Sc1ccc([N+](=O)[O-])cc1. The predicted octanol–water partition coefficient (Wildman–Crippen LogP) is 4.47. The van der Waals surface area contributed by atoms with Crippen molar-refractivity contribution in [3.63, 3.8) is 0 Å². The highest BCUT2D eigenvalue weighted by molar-refractivity contribution is 7.99. The van der Waals surface area contributed by atoms with Crippen molar-refractivity contribution in [2.45, 2.75) is 69.5 Å². The van der Waals surface area contributed by atoms with Gasteiger partial charge in [0.2, 0.25) is 0 Å². The molecule has 8 nitrogen and oxygen atoms in total. The molecule has 1 aromatic carbocycles. The van der Waals surface area contributed by atoms with Crippen molar-refractivity contribution >= 4 is 23.5 Å². The highest BCUT2D eigenvalue weighted by Crippen LogP contribution is 2.33. The lowest BCUT2D eigenvalue weighted by atomic mass is 10.2. The van der Waals surface area contributed by atoms with Crippen molar-refractivity contribution in [3.8, 4) is 0 Å². The molecule has 9 heteroatoms. The van der Waals surface area contributed by atoms with Gasteiger partial charge in [0.15, 0.2) is 0 Å². The van der Waals surface area contributed by atoms with Gasteiger partial charge in [0.05, 0.1) is 22.1 Å². The standard InChI is InChI=1S/C19H26N4O4S/c1-12(20-18(24)27-19(4,5)6)11-22-14(3)17(13(2)21-22)28-16-9-7-15(8-10-16)23(25)26/h7-10,12H,11H2,1-6H3,(H,20,24)/t12-/m0/s1. The van der Waals surface area contributed by atoms with E-state index in [0.29, 0.717) is 6.54 Å². The Morgan fingerprint density at radius 1 is 1.32 bits per heavy atom. The largest absolute Gasteiger partial charge is 0.444 e. The van der Waals surface area contributed by atoms with Crippen molar-refractivity contribution in [2.24, 2.45) is 0 Å². The van der Waals surface area contributed by atoms with Crippen molar-refractivity contribution < 1.29 is 14.5 Å². The van der Waals surface area contributed by atoms with E-state index in [0.717, 1.165) is 21.2 Å². The van der Waals surface area contributed by atoms with Gasteiger partial charge in [0.25, 0.3) is 5.69 Å². The lowest BCUT2D eigenvalue weighted by Crippen LogP contribution is -2.39. The zero-order valence-corrected chi connectivity index (χ0v) is 17.8. The molecule has 0 radical (unpaired) electrons. The molecule has 0 aliphatic carbocycles. The molecule has 0 bridgehead atoms. The Kier molecular flexibility index (Phi) is 6.71. The van der Waals surface area contributed by atoms with Gasteiger partial charge in [0, 0.05) is 28.8 Å². The van der Waals surface area contributed by atoms with Crippen LogP contribution in [0.5, 0.6) is 0 Å². The molecule has 0 unspecified atom stereocenters. The number of rotatable bonds is 6. The second-order valence-electron chi connectivity index (χ2n) is 7.58. The number of alkyl carbamates (subject to hydrolysis) is 1. The number of non-ortho nitro benzene ring substituents is 1. The molecule has 28 heavy (non-hydrogen) atoms. The lowest BCUT2D eigenvalue weighted by Gasteiger charge is -2.22. The highest BCUT2D eigenvalue weighted by atomic mass is 32.2. The Bertz CT molecular complexity index is 856. The van der Waals surface area contributed by atoms with Gasteiger partial charge in [-0.2, -0.15) is 5.10 Å². The van der Waals surface area contributed by atoms with Gasteiger partial charge in [-0.05, 0) is 53.7 Å². The predicted molar refractivity (Wildman–Crippen MR) is 108 cm³/mol. The normalized spacial score (nSPS) is 12.5. The molecule has 0 saturated heterocycles. The number of amides is 1. The molecule has 1 atom stereocenters. The van der Waals surface area contributed by atoms with Crippen LogP contribution in [-0.2, 0) is 11.3 Å². The molecule has 0 fully saturated rings. The summed E-state index contributed by atoms with van der Waals surface area (Å²) in [7, 11) is 0. The van der Waals surface area contributed by atoms with Gasteiger partial charge in [-0.1, -0.05) is 11.8 Å². The van der Waals surface area contributed by atoms with E-state index in [4.69, 9.17) is 4.74 Å². The average molecular weight is 407 g/mol. The summed E-state index contributed by atoms with van der Waals surface area (Å²) in [5.41, 5.74) is 1.36. The van der Waals surface area contributed by atoms with E-state index in [1.54, 1.807) is 12.1 Å². The molecule has 1 aromatic heterocycles. The first-order valence-corrected chi connectivity index (χ1v) is 9.73. The number of hydrogen-bond donors (Lipinski definition) is 1. The van der Waals surface area contributed by atoms with Crippen LogP contribution in [0.4, 0.5) is 10.5 Å². The number of ether oxygens (including phenoxy) is 1. The topological polar surface area (TPSA) is 99.3 Å². The van der Waals surface area contributed by atoms with Crippen LogP contribution in [0, 0.1) is 24.0 Å². The van der Waals surface area contributed by atoms with Crippen molar-refractivity contribution in [2.75, 3.05) is 0 Å². The zero-order valence-electron chi connectivity index (χ0n) is 17.0. The number of nitro benzene ring substituents is 1. The Morgan fingerprint density at radius 2 is 1.93 bits per heavy atom. The first kappa shape index (κ1) is 21.7. The van der Waals surface area contributed by atoms with E-state index in [-0.39, 0.29) is 11.7 Å². The fourth-order valence-electron chi connectivity index (χ4n) is 2.57. The van der Waals surface area contributed by atoms with Crippen LogP contribution in [-0.4, -0.2) is 32.4 Å². The summed E-state index contributed by atoms with van der Waals surface area (Å²) in [6, 6.07) is 6.27. The van der Waals surface area contributed by atoms with Gasteiger partial charge in [-0.25, -0.2) is 4.79 Å². The summed E-state index contributed by atoms with van der Waals surface area (Å²) in [5.74, 6) is 0. The van der Waals surface area contributed by atoms with E-state index >= 15 is 0 Å². The molecule has 1 N–H and O–H groups in total. The van der Waals surface area contributed by atoms with Crippen molar-refractivity contribution in [1.29, 1.82) is 0 Å².